The van der Waals surface area contributed by atoms with Crippen molar-refractivity contribution in [1.29, 1.82) is 0 Å². The fourth-order valence-electron chi connectivity index (χ4n) is 3.04. The number of amides is 1. The number of aryl methyl sites for hydroxylation is 1. The first-order valence-corrected chi connectivity index (χ1v) is 10.0. The highest BCUT2D eigenvalue weighted by atomic mass is 32.1. The number of hydrogen-bond acceptors (Lipinski definition) is 7. The summed E-state index contributed by atoms with van der Waals surface area (Å²) in [5, 5.41) is 18.6. The maximum absolute atomic E-state index is 12.5. The predicted molar refractivity (Wildman–Crippen MR) is 116 cm³/mol. The van der Waals surface area contributed by atoms with E-state index >= 15 is 0 Å². The quantitative estimate of drug-likeness (QED) is 0.351. The first-order chi connectivity index (χ1) is 14.9. The van der Waals surface area contributed by atoms with Crippen LogP contribution in [-0.4, -0.2) is 25.6 Å². The van der Waals surface area contributed by atoms with Gasteiger partial charge in [0.15, 0.2) is 5.13 Å². The average Bonchev–Trinajstić information content (AvgIpc) is 3.24. The highest BCUT2D eigenvalue weighted by Gasteiger charge is 2.13. The van der Waals surface area contributed by atoms with E-state index in [9.17, 15) is 24.5 Å². The molecule has 4 rings (SSSR count). The molecule has 0 aliphatic carbocycles. The van der Waals surface area contributed by atoms with Crippen molar-refractivity contribution in [2.75, 3.05) is 5.32 Å². The minimum atomic E-state index is -0.488. The summed E-state index contributed by atoms with van der Waals surface area (Å²) in [7, 11) is 0. The molecule has 1 amide bonds. The lowest BCUT2D eigenvalue weighted by atomic mass is 10.1. The zero-order chi connectivity index (χ0) is 22.0. The van der Waals surface area contributed by atoms with Crippen LogP contribution < -0.4 is 16.4 Å². The fraction of sp³-hybridized carbons (Fsp3) is 0.100. The van der Waals surface area contributed by atoms with E-state index in [1.54, 1.807) is 41.8 Å². The summed E-state index contributed by atoms with van der Waals surface area (Å²) >= 11 is 1.18. The van der Waals surface area contributed by atoms with Crippen LogP contribution in [-0.2, 0) is 11.3 Å². The summed E-state index contributed by atoms with van der Waals surface area (Å²) in [5.74, 6) is -0.388. The van der Waals surface area contributed by atoms with Crippen molar-refractivity contribution in [3.63, 3.8) is 0 Å². The van der Waals surface area contributed by atoms with Crippen LogP contribution in [0.2, 0.25) is 0 Å². The number of aromatic nitrogens is 3. The molecule has 0 fully saturated rings. The summed E-state index contributed by atoms with van der Waals surface area (Å²) in [4.78, 5) is 51.6. The standard InChI is InChI=1S/C20H15N5O5S/c26-17(8-9-24-19(28)15-7-2-1-6-14(15)18(27)23-24)22-20-21-16(11-31-20)12-4-3-5-13(10-12)25(29)30/h1-7,10-11H,8-9H2,(H,23,27)(H,21,22,26). The van der Waals surface area contributed by atoms with Gasteiger partial charge in [-0.3, -0.25) is 29.6 Å². The van der Waals surface area contributed by atoms with Crippen LogP contribution in [0, 0.1) is 10.1 Å². The number of anilines is 1. The maximum Gasteiger partial charge on any atom is 0.273 e. The van der Waals surface area contributed by atoms with Crippen molar-refractivity contribution in [1.82, 2.24) is 14.8 Å². The van der Waals surface area contributed by atoms with Gasteiger partial charge in [0, 0.05) is 29.5 Å². The van der Waals surface area contributed by atoms with Gasteiger partial charge in [-0.1, -0.05) is 24.3 Å². The van der Waals surface area contributed by atoms with Crippen LogP contribution in [0.15, 0.2) is 63.5 Å². The third-order valence-electron chi connectivity index (χ3n) is 4.55. The van der Waals surface area contributed by atoms with Gasteiger partial charge in [0.2, 0.25) is 5.91 Å². The van der Waals surface area contributed by atoms with E-state index in [1.165, 1.54) is 23.5 Å². The third-order valence-corrected chi connectivity index (χ3v) is 5.31. The van der Waals surface area contributed by atoms with Gasteiger partial charge in [-0.15, -0.1) is 11.3 Å². The Morgan fingerprint density at radius 3 is 2.71 bits per heavy atom. The van der Waals surface area contributed by atoms with Crippen molar-refractivity contribution in [3.05, 3.63) is 84.7 Å². The Bertz CT molecular complexity index is 1420. The second kappa shape index (κ2) is 8.32. The summed E-state index contributed by atoms with van der Waals surface area (Å²) < 4.78 is 1.11. The molecule has 11 heteroatoms. The first-order valence-electron chi connectivity index (χ1n) is 9.14. The van der Waals surface area contributed by atoms with Crippen molar-refractivity contribution in [2.24, 2.45) is 0 Å². The number of H-pyrrole nitrogens is 1. The molecular formula is C20H15N5O5S. The highest BCUT2D eigenvalue weighted by molar-refractivity contribution is 7.14. The first kappa shape index (κ1) is 20.2. The van der Waals surface area contributed by atoms with E-state index in [0.29, 0.717) is 21.8 Å². The van der Waals surface area contributed by atoms with Crippen molar-refractivity contribution >= 4 is 38.8 Å². The minimum Gasteiger partial charge on any atom is -0.302 e. The average molecular weight is 437 g/mol. The zero-order valence-corrected chi connectivity index (χ0v) is 16.7. The van der Waals surface area contributed by atoms with Gasteiger partial charge in [-0.25, -0.2) is 9.67 Å². The number of nitro groups is 1. The number of fused-ring (bicyclic) bond motifs is 1. The van der Waals surface area contributed by atoms with Crippen molar-refractivity contribution in [3.8, 4) is 11.3 Å². The number of nitro benzene ring substituents is 1. The SMILES string of the molecule is O=C(CCn1[nH]c(=O)c2ccccc2c1=O)Nc1nc(-c2cccc([N+](=O)[O-])c2)cs1. The number of benzene rings is 2. The van der Waals surface area contributed by atoms with Crippen LogP contribution in [0.25, 0.3) is 22.0 Å². The molecule has 2 aromatic heterocycles. The van der Waals surface area contributed by atoms with E-state index in [-0.39, 0.29) is 35.5 Å². The number of carbonyl (C=O) groups is 1. The molecule has 0 unspecified atom stereocenters. The number of carbonyl (C=O) groups excluding carboxylic acids is 1. The third kappa shape index (κ3) is 4.26. The Kier molecular flexibility index (Phi) is 5.41. The molecular weight excluding hydrogens is 422 g/mol. The molecule has 0 bridgehead atoms. The van der Waals surface area contributed by atoms with E-state index in [0.717, 1.165) is 4.68 Å². The minimum absolute atomic E-state index is 0.00610. The molecule has 4 aromatic rings. The molecule has 2 heterocycles. The molecule has 0 spiro atoms. The Labute approximate surface area is 177 Å². The molecule has 2 aromatic carbocycles. The van der Waals surface area contributed by atoms with E-state index in [2.05, 4.69) is 15.4 Å². The smallest absolute Gasteiger partial charge is 0.273 e. The number of nitrogens with zero attached hydrogens (tertiary/aromatic N) is 3. The van der Waals surface area contributed by atoms with Crippen LogP contribution in [0.4, 0.5) is 10.8 Å². The van der Waals surface area contributed by atoms with Gasteiger partial charge >= 0.3 is 0 Å². The highest BCUT2D eigenvalue weighted by Crippen LogP contribution is 2.27. The van der Waals surface area contributed by atoms with E-state index in [4.69, 9.17) is 0 Å². The molecule has 0 saturated carbocycles. The van der Waals surface area contributed by atoms with Gasteiger partial charge in [0.05, 0.1) is 27.9 Å². The molecule has 0 aliphatic rings. The number of aromatic amines is 1. The number of non-ortho nitro benzene ring substituents is 1. The fourth-order valence-corrected chi connectivity index (χ4v) is 3.78. The summed E-state index contributed by atoms with van der Waals surface area (Å²) in [6, 6.07) is 12.5. The van der Waals surface area contributed by atoms with Gasteiger partial charge < -0.3 is 5.32 Å². The second-order valence-corrected chi connectivity index (χ2v) is 7.44. The number of hydrogen-bond donors (Lipinski definition) is 2. The number of rotatable bonds is 6. The van der Waals surface area contributed by atoms with Gasteiger partial charge in [0.25, 0.3) is 16.8 Å². The molecule has 156 valence electrons. The zero-order valence-electron chi connectivity index (χ0n) is 15.9. The van der Waals surface area contributed by atoms with Crippen LogP contribution in [0.1, 0.15) is 6.42 Å². The van der Waals surface area contributed by atoms with Crippen molar-refractivity contribution in [2.45, 2.75) is 13.0 Å². The molecule has 0 saturated heterocycles. The Hall–Kier alpha value is -4.12. The summed E-state index contributed by atoms with van der Waals surface area (Å²) in [5.41, 5.74) is 0.221. The maximum atomic E-state index is 12.5. The topological polar surface area (TPSA) is 140 Å². The van der Waals surface area contributed by atoms with Crippen LogP contribution >= 0.6 is 11.3 Å². The second-order valence-electron chi connectivity index (χ2n) is 6.59. The molecule has 0 aliphatic heterocycles. The summed E-state index contributed by atoms with van der Waals surface area (Å²) in [6.45, 7) is -0.00610. The van der Waals surface area contributed by atoms with Gasteiger partial charge in [0.1, 0.15) is 0 Å². The van der Waals surface area contributed by atoms with Gasteiger partial charge in [-0.05, 0) is 12.1 Å². The largest absolute Gasteiger partial charge is 0.302 e. The van der Waals surface area contributed by atoms with E-state index in [1.807, 2.05) is 0 Å². The Morgan fingerprint density at radius 2 is 1.94 bits per heavy atom. The van der Waals surface area contributed by atoms with Gasteiger partial charge in [-0.2, -0.15) is 0 Å². The molecule has 0 radical (unpaired) electrons. The van der Waals surface area contributed by atoms with Crippen molar-refractivity contribution < 1.29 is 9.72 Å². The normalized spacial score (nSPS) is 10.8. The summed E-state index contributed by atoms with van der Waals surface area (Å²) in [6.07, 6.45) is -0.0556. The molecule has 0 atom stereocenters. The molecule has 10 nitrogen and oxygen atoms in total. The van der Waals surface area contributed by atoms with E-state index < -0.39 is 10.5 Å². The number of thiazole rings is 1. The Morgan fingerprint density at radius 1 is 1.16 bits per heavy atom. The van der Waals surface area contributed by atoms with Crippen LogP contribution in [0.3, 0.4) is 0 Å². The molecule has 2 N–H and O–H groups in total. The number of nitrogens with one attached hydrogen (secondary N) is 2. The lowest BCUT2D eigenvalue weighted by molar-refractivity contribution is -0.384. The lowest BCUT2D eigenvalue weighted by Crippen LogP contribution is -2.31. The van der Waals surface area contributed by atoms with Crippen LogP contribution in [0.5, 0.6) is 0 Å². The predicted octanol–water partition coefficient (Wildman–Crippen LogP) is 2.75. The molecule has 31 heavy (non-hydrogen) atoms. The Balaban J connectivity index is 1.45. The monoisotopic (exact) mass is 437 g/mol. The lowest BCUT2D eigenvalue weighted by Gasteiger charge is -2.07.